The first-order chi connectivity index (χ1) is 19.7. The fourth-order valence-corrected chi connectivity index (χ4v) is 6.73. The molecule has 1 fully saturated rings. The Bertz CT molecular complexity index is 1180. The molecule has 0 radical (unpaired) electrons. The van der Waals surface area contributed by atoms with Crippen LogP contribution >= 0.6 is 0 Å². The van der Waals surface area contributed by atoms with Crippen LogP contribution in [0.15, 0.2) is 114 Å². The van der Waals surface area contributed by atoms with Gasteiger partial charge in [0.25, 0.3) is 0 Å². The second-order valence-electron chi connectivity index (χ2n) is 12.3. The Hall–Kier alpha value is -2.98. The van der Waals surface area contributed by atoms with Gasteiger partial charge < -0.3 is 14.9 Å². The van der Waals surface area contributed by atoms with Gasteiger partial charge in [0.05, 0.1) is 18.3 Å². The number of benzene rings is 3. The zero-order valence-electron chi connectivity index (χ0n) is 25.5. The minimum absolute atomic E-state index is 0.116. The maximum absolute atomic E-state index is 11.4. The lowest BCUT2D eigenvalue weighted by molar-refractivity contribution is -0.0350. The average Bonchev–Trinajstić information content (AvgIpc) is 3.40. The lowest BCUT2D eigenvalue weighted by atomic mass is 9.71. The fourth-order valence-electron chi connectivity index (χ4n) is 6.73. The molecule has 0 aliphatic heterocycles. The van der Waals surface area contributed by atoms with Crippen LogP contribution in [0.25, 0.3) is 0 Å². The lowest BCUT2D eigenvalue weighted by Crippen LogP contribution is -2.40. The van der Waals surface area contributed by atoms with Crippen LogP contribution in [-0.4, -0.2) is 28.5 Å². The van der Waals surface area contributed by atoms with Crippen molar-refractivity contribution in [1.82, 2.24) is 0 Å². The number of ether oxygens (including phenoxy) is 1. The highest BCUT2D eigenvalue weighted by Crippen LogP contribution is 2.48. The molecule has 0 bridgehead atoms. The van der Waals surface area contributed by atoms with Crippen LogP contribution < -0.4 is 0 Å². The monoisotopic (exact) mass is 552 g/mol. The molecule has 2 N–H and O–H groups in total. The van der Waals surface area contributed by atoms with Crippen LogP contribution in [-0.2, 0) is 10.3 Å². The molecule has 3 heteroatoms. The molecule has 1 aliphatic rings. The van der Waals surface area contributed by atoms with Crippen LogP contribution in [0, 0.1) is 11.3 Å². The summed E-state index contributed by atoms with van der Waals surface area (Å²) in [5.74, 6) is 0.116. The van der Waals surface area contributed by atoms with Crippen LogP contribution in [0.4, 0.5) is 0 Å². The van der Waals surface area contributed by atoms with Gasteiger partial charge in [0.15, 0.2) is 0 Å². The number of aliphatic hydroxyl groups excluding tert-OH is 2. The predicted molar refractivity (Wildman–Crippen MR) is 170 cm³/mol. The SMILES string of the molecule is CC(C)=CC[C@H](OC(c1ccccc1)(c1ccccc1)c1ccccc1)C(C)=CC[C@@H](O)[C@@]1(C)CCC[C@H]1[C@H](C)O. The van der Waals surface area contributed by atoms with Crippen molar-refractivity contribution in [2.75, 3.05) is 0 Å². The van der Waals surface area contributed by atoms with Crippen molar-refractivity contribution in [2.45, 2.75) is 90.6 Å². The van der Waals surface area contributed by atoms with Gasteiger partial charge in [-0.3, -0.25) is 0 Å². The van der Waals surface area contributed by atoms with E-state index in [2.05, 4.69) is 113 Å². The van der Waals surface area contributed by atoms with Gasteiger partial charge in [-0.1, -0.05) is 122 Å². The van der Waals surface area contributed by atoms with E-state index in [1.165, 1.54) is 5.57 Å². The average molecular weight is 553 g/mol. The first-order valence-electron chi connectivity index (χ1n) is 15.2. The van der Waals surface area contributed by atoms with E-state index in [-0.39, 0.29) is 17.4 Å². The van der Waals surface area contributed by atoms with Crippen LogP contribution in [0.5, 0.6) is 0 Å². The summed E-state index contributed by atoms with van der Waals surface area (Å²) in [4.78, 5) is 0. The summed E-state index contributed by atoms with van der Waals surface area (Å²) in [5, 5.41) is 21.9. The largest absolute Gasteiger partial charge is 0.393 e. The minimum atomic E-state index is -0.827. The van der Waals surface area contributed by atoms with E-state index in [0.29, 0.717) is 6.42 Å². The summed E-state index contributed by atoms with van der Waals surface area (Å²) >= 11 is 0. The van der Waals surface area contributed by atoms with Crippen molar-refractivity contribution in [3.8, 4) is 0 Å². The molecule has 218 valence electrons. The lowest BCUT2D eigenvalue weighted by Gasteiger charge is -2.40. The molecule has 4 rings (SSSR count). The van der Waals surface area contributed by atoms with Gasteiger partial charge in [-0.15, -0.1) is 0 Å². The zero-order valence-corrected chi connectivity index (χ0v) is 25.5. The van der Waals surface area contributed by atoms with Gasteiger partial charge in [0.2, 0.25) is 0 Å². The van der Waals surface area contributed by atoms with Crippen LogP contribution in [0.3, 0.4) is 0 Å². The number of allylic oxidation sites excluding steroid dienone is 1. The Morgan fingerprint density at radius 3 is 1.76 bits per heavy atom. The smallest absolute Gasteiger partial charge is 0.144 e. The van der Waals surface area contributed by atoms with Crippen molar-refractivity contribution in [2.24, 2.45) is 11.3 Å². The van der Waals surface area contributed by atoms with E-state index in [0.717, 1.165) is 47.9 Å². The number of hydrogen-bond acceptors (Lipinski definition) is 3. The fraction of sp³-hybridized carbons (Fsp3) is 0.421. The van der Waals surface area contributed by atoms with Crippen LogP contribution in [0.1, 0.15) is 83.4 Å². The van der Waals surface area contributed by atoms with Gasteiger partial charge >= 0.3 is 0 Å². The Labute approximate surface area is 247 Å². The van der Waals surface area contributed by atoms with Gasteiger partial charge in [-0.05, 0) is 87.0 Å². The molecule has 1 aliphatic carbocycles. The summed E-state index contributed by atoms with van der Waals surface area (Å²) in [6, 6.07) is 31.5. The minimum Gasteiger partial charge on any atom is -0.393 e. The van der Waals surface area contributed by atoms with E-state index in [9.17, 15) is 10.2 Å². The Kier molecular flexibility index (Phi) is 10.4. The molecule has 41 heavy (non-hydrogen) atoms. The van der Waals surface area contributed by atoms with Crippen molar-refractivity contribution >= 4 is 0 Å². The van der Waals surface area contributed by atoms with Gasteiger partial charge in [0, 0.05) is 0 Å². The summed E-state index contributed by atoms with van der Waals surface area (Å²) in [6.45, 7) is 10.4. The molecule has 3 nitrogen and oxygen atoms in total. The Balaban J connectivity index is 1.77. The molecule has 3 aromatic rings. The normalized spacial score (nSPS) is 21.7. The summed E-state index contributed by atoms with van der Waals surface area (Å²) < 4.78 is 7.42. The first kappa shape index (κ1) is 31.0. The molecule has 0 unspecified atom stereocenters. The molecule has 0 spiro atoms. The van der Waals surface area contributed by atoms with Gasteiger partial charge in [-0.25, -0.2) is 0 Å². The first-order valence-corrected chi connectivity index (χ1v) is 15.2. The van der Waals surface area contributed by atoms with Crippen LogP contribution in [0.2, 0.25) is 0 Å². The zero-order chi connectivity index (χ0) is 29.5. The van der Waals surface area contributed by atoms with E-state index < -0.39 is 17.8 Å². The van der Waals surface area contributed by atoms with E-state index >= 15 is 0 Å². The molecule has 5 atom stereocenters. The van der Waals surface area contributed by atoms with Gasteiger partial charge in [0.1, 0.15) is 5.60 Å². The van der Waals surface area contributed by atoms with Crippen molar-refractivity contribution < 1.29 is 14.9 Å². The maximum atomic E-state index is 11.4. The third-order valence-corrected chi connectivity index (χ3v) is 9.19. The molecular weight excluding hydrogens is 504 g/mol. The van der Waals surface area contributed by atoms with E-state index in [1.807, 2.05) is 25.1 Å². The molecule has 0 aromatic heterocycles. The third kappa shape index (κ3) is 6.92. The van der Waals surface area contributed by atoms with E-state index in [4.69, 9.17) is 4.74 Å². The Morgan fingerprint density at radius 2 is 1.32 bits per heavy atom. The highest BCUT2D eigenvalue weighted by molar-refractivity contribution is 5.47. The van der Waals surface area contributed by atoms with Crippen molar-refractivity contribution in [3.05, 3.63) is 131 Å². The molecule has 1 saturated carbocycles. The topological polar surface area (TPSA) is 49.7 Å². The maximum Gasteiger partial charge on any atom is 0.144 e. The highest BCUT2D eigenvalue weighted by atomic mass is 16.5. The number of hydrogen-bond donors (Lipinski definition) is 2. The second kappa shape index (κ2) is 13.8. The summed E-state index contributed by atoms with van der Waals surface area (Å²) in [6.07, 6.45) is 7.46. The summed E-state index contributed by atoms with van der Waals surface area (Å²) in [7, 11) is 0. The second-order valence-corrected chi connectivity index (χ2v) is 12.3. The molecule has 3 aromatic carbocycles. The van der Waals surface area contributed by atoms with Crippen molar-refractivity contribution in [1.29, 1.82) is 0 Å². The molecule has 0 amide bonds. The van der Waals surface area contributed by atoms with E-state index in [1.54, 1.807) is 0 Å². The quantitative estimate of drug-likeness (QED) is 0.175. The summed E-state index contributed by atoms with van der Waals surface area (Å²) in [5.41, 5.74) is 4.45. The molecular formula is C38H48O3. The van der Waals surface area contributed by atoms with Crippen molar-refractivity contribution in [3.63, 3.8) is 0 Å². The number of aliphatic hydroxyl groups is 2. The number of rotatable bonds is 12. The molecule has 0 heterocycles. The molecule has 0 saturated heterocycles. The highest BCUT2D eigenvalue weighted by Gasteiger charge is 2.46. The predicted octanol–water partition coefficient (Wildman–Crippen LogP) is 8.60. The standard InChI is InChI=1S/C38H48O3/c1-28(2)23-25-35(29(3)24-26-36(40)37(5)27-15-22-34(37)30(4)39)41-38(31-16-9-6-10-17-31,32-18-11-7-12-19-32)33-20-13-8-14-21-33/h6-14,16-21,23-24,30,34-36,39-40H,15,22,25-27H2,1-5H3/t30-,34-,35-,36+,37-/m0/s1. The third-order valence-electron chi connectivity index (χ3n) is 9.19. The Morgan fingerprint density at radius 1 is 0.829 bits per heavy atom. The van der Waals surface area contributed by atoms with Gasteiger partial charge in [-0.2, -0.15) is 0 Å².